The smallest absolute Gasteiger partial charge is 0.227 e. The van der Waals surface area contributed by atoms with Crippen LogP contribution in [-0.2, 0) is 0 Å². The van der Waals surface area contributed by atoms with Gasteiger partial charge in [0.25, 0.3) is 0 Å². The molecule has 0 fully saturated rings. The predicted octanol–water partition coefficient (Wildman–Crippen LogP) is 10.4. The second-order valence-electron chi connectivity index (χ2n) is 11.3. The van der Waals surface area contributed by atoms with Crippen LogP contribution in [0.3, 0.4) is 0 Å². The summed E-state index contributed by atoms with van der Waals surface area (Å²) in [5.74, 6) is 1.33. The fourth-order valence-corrected chi connectivity index (χ4v) is 6.27. The Morgan fingerprint density at radius 3 is 1.74 bits per heavy atom. The fourth-order valence-electron chi connectivity index (χ4n) is 6.27. The molecule has 5 heteroatoms. The summed E-state index contributed by atoms with van der Waals surface area (Å²) in [6.45, 7) is 0. The van der Waals surface area contributed by atoms with Crippen molar-refractivity contribution in [3.8, 4) is 51.0 Å². The molecule has 216 valence electrons. The zero-order valence-electron chi connectivity index (χ0n) is 24.7. The second-order valence-corrected chi connectivity index (χ2v) is 11.3. The molecule has 9 rings (SSSR count). The maximum Gasteiger partial charge on any atom is 0.227 e. The quantitative estimate of drug-likeness (QED) is 0.200. The first-order chi connectivity index (χ1) is 22.8. The summed E-state index contributed by atoms with van der Waals surface area (Å²) >= 11 is 0. The lowest BCUT2D eigenvalue weighted by molar-refractivity contribution is 0.623. The van der Waals surface area contributed by atoms with Gasteiger partial charge in [-0.3, -0.25) is 0 Å². The van der Waals surface area contributed by atoms with Gasteiger partial charge in [0.2, 0.25) is 5.89 Å². The van der Waals surface area contributed by atoms with Crippen molar-refractivity contribution >= 4 is 32.9 Å². The minimum absolute atomic E-state index is 0.624. The number of fused-ring (bicyclic) bond motifs is 5. The van der Waals surface area contributed by atoms with E-state index in [1.165, 1.54) is 0 Å². The Labute approximate surface area is 265 Å². The van der Waals surface area contributed by atoms with Gasteiger partial charge in [0, 0.05) is 33.3 Å². The van der Waals surface area contributed by atoms with Crippen LogP contribution in [0.25, 0.3) is 83.9 Å². The summed E-state index contributed by atoms with van der Waals surface area (Å²) in [5, 5.41) is 2.18. The molecule has 0 N–H and O–H groups in total. The molecule has 0 radical (unpaired) electrons. The molecule has 5 nitrogen and oxygen atoms in total. The third-order valence-electron chi connectivity index (χ3n) is 8.46. The van der Waals surface area contributed by atoms with Gasteiger partial charge in [-0.1, -0.05) is 109 Å². The van der Waals surface area contributed by atoms with Gasteiger partial charge in [-0.05, 0) is 48.5 Å². The van der Waals surface area contributed by atoms with Crippen LogP contribution in [0.1, 0.15) is 0 Å². The lowest BCUT2D eigenvalue weighted by atomic mass is 10.1. The van der Waals surface area contributed by atoms with Crippen LogP contribution in [0.4, 0.5) is 0 Å². The van der Waals surface area contributed by atoms with Crippen LogP contribution in [0, 0.1) is 0 Å². The molecule has 0 aliphatic carbocycles. The lowest BCUT2D eigenvalue weighted by Gasteiger charge is -2.11. The molecule has 0 saturated heterocycles. The van der Waals surface area contributed by atoms with E-state index in [9.17, 15) is 0 Å². The van der Waals surface area contributed by atoms with E-state index in [0.717, 1.165) is 72.2 Å². The minimum Gasteiger partial charge on any atom is -0.435 e. The van der Waals surface area contributed by atoms with E-state index in [4.69, 9.17) is 19.4 Å². The molecule has 0 saturated carbocycles. The predicted molar refractivity (Wildman–Crippen MR) is 186 cm³/mol. The number of nitrogens with zero attached hydrogens (tertiary/aromatic N) is 4. The van der Waals surface area contributed by atoms with Gasteiger partial charge in [0.05, 0.1) is 27.8 Å². The molecule has 0 unspecified atom stereocenters. The van der Waals surface area contributed by atoms with Crippen molar-refractivity contribution in [3.05, 3.63) is 158 Å². The van der Waals surface area contributed by atoms with Gasteiger partial charge in [-0.25, -0.2) is 15.0 Å². The zero-order chi connectivity index (χ0) is 30.5. The number of para-hydroxylation sites is 1. The molecule has 46 heavy (non-hydrogen) atoms. The van der Waals surface area contributed by atoms with Gasteiger partial charge < -0.3 is 8.98 Å². The summed E-state index contributed by atoms with van der Waals surface area (Å²) in [6, 6.07) is 53.8. The number of benzene rings is 6. The van der Waals surface area contributed by atoms with Crippen molar-refractivity contribution < 1.29 is 4.42 Å². The Balaban J connectivity index is 1.18. The van der Waals surface area contributed by atoms with Crippen molar-refractivity contribution in [2.45, 2.75) is 0 Å². The molecule has 6 aromatic carbocycles. The molecule has 3 aromatic heterocycles. The van der Waals surface area contributed by atoms with E-state index in [0.29, 0.717) is 11.7 Å². The lowest BCUT2D eigenvalue weighted by Crippen LogP contribution is -1.97. The van der Waals surface area contributed by atoms with E-state index in [2.05, 4.69) is 83.4 Å². The summed E-state index contributed by atoms with van der Waals surface area (Å²) in [6.07, 6.45) is 0. The highest BCUT2D eigenvalue weighted by molar-refractivity contribution is 6.19. The highest BCUT2D eigenvalue weighted by Gasteiger charge is 2.19. The average molecular weight is 591 g/mol. The third-order valence-corrected chi connectivity index (χ3v) is 8.46. The van der Waals surface area contributed by atoms with Crippen LogP contribution in [0.5, 0.6) is 0 Å². The van der Waals surface area contributed by atoms with Crippen LogP contribution in [-0.4, -0.2) is 19.5 Å². The van der Waals surface area contributed by atoms with E-state index >= 15 is 0 Å². The van der Waals surface area contributed by atoms with E-state index in [1.807, 2.05) is 78.9 Å². The van der Waals surface area contributed by atoms with Crippen molar-refractivity contribution in [2.24, 2.45) is 0 Å². The Morgan fingerprint density at radius 1 is 0.457 bits per heavy atom. The molecule has 0 atom stereocenters. The molecule has 0 bridgehead atoms. The number of aromatic nitrogens is 4. The number of hydrogen-bond donors (Lipinski definition) is 0. The molecule has 0 spiro atoms. The summed E-state index contributed by atoms with van der Waals surface area (Å²) in [4.78, 5) is 14.8. The Morgan fingerprint density at radius 2 is 1.04 bits per heavy atom. The first-order valence-corrected chi connectivity index (χ1v) is 15.3. The first kappa shape index (κ1) is 26.1. The molecule has 9 aromatic rings. The number of oxazole rings is 1. The SMILES string of the molecule is c1ccc(-c2cc(-c3ccc(-n4c5ccccc5c5c6oc(-c7ccccc7)nc6ccc54)cc3)nc(-c3ccccc3)n2)cc1. The van der Waals surface area contributed by atoms with Crippen LogP contribution >= 0.6 is 0 Å². The normalized spacial score (nSPS) is 11.5. The Hall–Kier alpha value is -6.33. The standard InChI is InChI=1S/C41H26N4O/c1-4-12-27(13-5-1)34-26-35(43-40(42-34)29-14-6-2-7-15-29)28-20-22-31(23-21-28)45-36-19-11-10-18-32(36)38-37(45)25-24-33-39(38)46-41(44-33)30-16-8-3-9-17-30/h1-26H. The van der Waals surface area contributed by atoms with Crippen molar-refractivity contribution in [3.63, 3.8) is 0 Å². The molecule has 3 heterocycles. The molecular formula is C41H26N4O. The van der Waals surface area contributed by atoms with Gasteiger partial charge in [-0.2, -0.15) is 0 Å². The number of rotatable bonds is 5. The minimum atomic E-state index is 0.624. The number of hydrogen-bond acceptors (Lipinski definition) is 4. The van der Waals surface area contributed by atoms with E-state index in [1.54, 1.807) is 0 Å². The topological polar surface area (TPSA) is 56.7 Å². The zero-order valence-corrected chi connectivity index (χ0v) is 24.7. The largest absolute Gasteiger partial charge is 0.435 e. The molecule has 0 aliphatic rings. The summed E-state index contributed by atoms with van der Waals surface area (Å²) in [5.41, 5.74) is 10.7. The summed E-state index contributed by atoms with van der Waals surface area (Å²) < 4.78 is 8.75. The van der Waals surface area contributed by atoms with Crippen molar-refractivity contribution in [1.29, 1.82) is 0 Å². The van der Waals surface area contributed by atoms with Gasteiger partial charge in [0.1, 0.15) is 5.52 Å². The Bertz CT molecular complexity index is 2440. The van der Waals surface area contributed by atoms with Crippen molar-refractivity contribution in [1.82, 2.24) is 19.5 Å². The summed E-state index contributed by atoms with van der Waals surface area (Å²) in [7, 11) is 0. The van der Waals surface area contributed by atoms with Crippen molar-refractivity contribution in [2.75, 3.05) is 0 Å². The monoisotopic (exact) mass is 590 g/mol. The third kappa shape index (κ3) is 4.37. The second kappa shape index (κ2) is 10.7. The Kier molecular flexibility index (Phi) is 6.06. The molecular weight excluding hydrogens is 564 g/mol. The maximum atomic E-state index is 6.46. The molecule has 0 aliphatic heterocycles. The van der Waals surface area contributed by atoms with E-state index in [-0.39, 0.29) is 0 Å². The van der Waals surface area contributed by atoms with E-state index < -0.39 is 0 Å². The average Bonchev–Trinajstić information content (AvgIpc) is 3.72. The highest BCUT2D eigenvalue weighted by atomic mass is 16.3. The maximum absolute atomic E-state index is 6.46. The van der Waals surface area contributed by atoms with Crippen LogP contribution in [0.2, 0.25) is 0 Å². The fraction of sp³-hybridized carbons (Fsp3) is 0. The van der Waals surface area contributed by atoms with Crippen LogP contribution in [0.15, 0.2) is 162 Å². The van der Waals surface area contributed by atoms with Crippen LogP contribution < -0.4 is 0 Å². The van der Waals surface area contributed by atoms with Gasteiger partial charge in [0.15, 0.2) is 11.4 Å². The molecule has 0 amide bonds. The highest BCUT2D eigenvalue weighted by Crippen LogP contribution is 2.39. The van der Waals surface area contributed by atoms with Gasteiger partial charge >= 0.3 is 0 Å². The van der Waals surface area contributed by atoms with Gasteiger partial charge in [-0.15, -0.1) is 0 Å². The first-order valence-electron chi connectivity index (χ1n) is 15.3.